The lowest BCUT2D eigenvalue weighted by atomic mass is 10.2. The van der Waals surface area contributed by atoms with Crippen LogP contribution in [0.4, 0.5) is 0 Å². The Morgan fingerprint density at radius 3 is 1.36 bits per heavy atom. The highest BCUT2D eigenvalue weighted by Crippen LogP contribution is 2.39. The Morgan fingerprint density at radius 2 is 1.04 bits per heavy atom. The molecule has 0 fully saturated rings. The van der Waals surface area contributed by atoms with Gasteiger partial charge in [-0.2, -0.15) is 0 Å². The fourth-order valence-electron chi connectivity index (χ4n) is 2.52. The minimum absolute atomic E-state index is 0.0220. The molecule has 0 bridgehead atoms. The Bertz CT molecular complexity index is 690. The molecule has 1 aromatic heterocycles. The van der Waals surface area contributed by atoms with Crippen molar-refractivity contribution < 1.29 is 16.8 Å². The van der Waals surface area contributed by atoms with E-state index in [9.17, 15) is 16.8 Å². The monoisotopic (exact) mass is 632 g/mol. The number of sulfone groups is 2. The van der Waals surface area contributed by atoms with Gasteiger partial charge in [0.1, 0.15) is 9.79 Å². The molecular weight excluding hydrogens is 606 g/mol. The fraction of sp³-hybridized carbons (Fsp3) is 0.750. The number of thiophene rings is 1. The summed E-state index contributed by atoms with van der Waals surface area (Å²) in [5, 5.41) is 0. The van der Waals surface area contributed by atoms with Crippen molar-refractivity contribution >= 4 is 76.2 Å². The molecule has 4 nitrogen and oxygen atoms in total. The standard InChI is InChI=1S/C16H26I2O4S3/c1-3-5-7-9-11-24(19,20)13-14(16(18)23-15(13)17)25(21,22)12-10-8-6-4-2/h3-12H2,1-2H3. The van der Waals surface area contributed by atoms with E-state index in [1.807, 2.05) is 45.2 Å². The molecule has 0 atom stereocenters. The first-order valence-electron chi connectivity index (χ1n) is 8.60. The third kappa shape index (κ3) is 7.19. The summed E-state index contributed by atoms with van der Waals surface area (Å²) in [6, 6.07) is 0. The molecule has 1 aromatic rings. The normalized spacial score (nSPS) is 12.6. The number of hydrogen-bond acceptors (Lipinski definition) is 5. The highest BCUT2D eigenvalue weighted by Gasteiger charge is 2.33. The average molecular weight is 632 g/mol. The van der Waals surface area contributed by atoms with Gasteiger partial charge in [-0.3, -0.25) is 0 Å². The van der Waals surface area contributed by atoms with Gasteiger partial charge in [0.25, 0.3) is 0 Å². The van der Waals surface area contributed by atoms with E-state index >= 15 is 0 Å². The van der Waals surface area contributed by atoms with E-state index in [1.165, 1.54) is 11.3 Å². The maximum atomic E-state index is 12.8. The lowest BCUT2D eigenvalue weighted by Gasteiger charge is -2.09. The van der Waals surface area contributed by atoms with E-state index < -0.39 is 19.7 Å². The van der Waals surface area contributed by atoms with Crippen molar-refractivity contribution in [1.29, 1.82) is 0 Å². The van der Waals surface area contributed by atoms with Gasteiger partial charge in [-0.25, -0.2) is 16.8 Å². The topological polar surface area (TPSA) is 68.3 Å². The zero-order valence-corrected chi connectivity index (χ0v) is 21.4. The molecule has 0 radical (unpaired) electrons. The van der Waals surface area contributed by atoms with Crippen LogP contribution in [0, 0.1) is 5.77 Å². The van der Waals surface area contributed by atoms with Crippen LogP contribution in [0.2, 0.25) is 0 Å². The SMILES string of the molecule is CCCCCCS(=O)(=O)c1c(I)sc(I)c1S(=O)(=O)CCCCCC. The first kappa shape index (κ1) is 24.1. The van der Waals surface area contributed by atoms with Crippen LogP contribution < -0.4 is 0 Å². The Morgan fingerprint density at radius 1 is 0.680 bits per heavy atom. The quantitative estimate of drug-likeness (QED) is 0.220. The molecule has 0 unspecified atom stereocenters. The molecule has 146 valence electrons. The number of halogens is 2. The van der Waals surface area contributed by atoms with Crippen LogP contribution in [0.5, 0.6) is 0 Å². The van der Waals surface area contributed by atoms with E-state index in [-0.39, 0.29) is 21.3 Å². The van der Waals surface area contributed by atoms with Crippen molar-refractivity contribution in [2.75, 3.05) is 11.5 Å². The average Bonchev–Trinajstić information content (AvgIpc) is 2.84. The predicted octanol–water partition coefficient (Wildman–Crippen LogP) is 5.67. The number of hydrogen-bond donors (Lipinski definition) is 0. The van der Waals surface area contributed by atoms with Gasteiger partial charge in [0.05, 0.1) is 17.3 Å². The Hall–Kier alpha value is 1.06. The first-order chi connectivity index (χ1) is 11.7. The third-order valence-electron chi connectivity index (χ3n) is 3.90. The summed E-state index contributed by atoms with van der Waals surface area (Å²) >= 11 is 5.18. The van der Waals surface area contributed by atoms with Crippen molar-refractivity contribution in [2.45, 2.75) is 75.0 Å². The summed E-state index contributed by atoms with van der Waals surface area (Å²) in [6.07, 6.45) is 6.92. The molecule has 0 amide bonds. The maximum Gasteiger partial charge on any atom is 0.181 e. The molecule has 0 aliphatic carbocycles. The minimum Gasteiger partial charge on any atom is -0.224 e. The Kier molecular flexibility index (Phi) is 10.8. The first-order valence-corrected chi connectivity index (χ1v) is 14.9. The van der Waals surface area contributed by atoms with E-state index in [4.69, 9.17) is 0 Å². The third-order valence-corrected chi connectivity index (χ3v) is 11.9. The smallest absolute Gasteiger partial charge is 0.181 e. The maximum absolute atomic E-state index is 12.8. The summed E-state index contributed by atoms with van der Waals surface area (Å²) in [5.74, 6) is 0.0440. The van der Waals surface area contributed by atoms with Gasteiger partial charge in [-0.05, 0) is 58.0 Å². The lowest BCUT2D eigenvalue weighted by Crippen LogP contribution is -2.15. The minimum atomic E-state index is -3.58. The van der Waals surface area contributed by atoms with Gasteiger partial charge in [0, 0.05) is 0 Å². The van der Waals surface area contributed by atoms with Gasteiger partial charge in [0.2, 0.25) is 0 Å². The van der Waals surface area contributed by atoms with Gasteiger partial charge >= 0.3 is 0 Å². The van der Waals surface area contributed by atoms with E-state index in [0.29, 0.717) is 18.6 Å². The fourth-order valence-corrected chi connectivity index (χ4v) is 13.3. The summed E-state index contributed by atoms with van der Waals surface area (Å²) < 4.78 is 52.3. The molecule has 0 saturated carbocycles. The second kappa shape index (κ2) is 11.2. The molecule has 1 heterocycles. The molecule has 0 aliphatic heterocycles. The molecular formula is C16H26I2O4S3. The van der Waals surface area contributed by atoms with Crippen LogP contribution in [0.1, 0.15) is 65.2 Å². The van der Waals surface area contributed by atoms with E-state index in [2.05, 4.69) is 13.8 Å². The van der Waals surface area contributed by atoms with Gasteiger partial charge in [0.15, 0.2) is 19.7 Å². The molecule has 9 heteroatoms. The molecule has 0 saturated heterocycles. The number of rotatable bonds is 12. The second-order valence-corrected chi connectivity index (χ2v) is 14.8. The Balaban J connectivity index is 3.10. The zero-order chi connectivity index (χ0) is 19.1. The van der Waals surface area contributed by atoms with E-state index in [1.54, 1.807) is 0 Å². The van der Waals surface area contributed by atoms with Gasteiger partial charge in [-0.1, -0.05) is 52.4 Å². The van der Waals surface area contributed by atoms with Crippen LogP contribution in [-0.4, -0.2) is 28.3 Å². The highest BCUT2D eigenvalue weighted by atomic mass is 127. The highest BCUT2D eigenvalue weighted by molar-refractivity contribution is 14.1. The van der Waals surface area contributed by atoms with Crippen LogP contribution >= 0.6 is 56.5 Å². The van der Waals surface area contributed by atoms with Crippen LogP contribution in [0.25, 0.3) is 0 Å². The van der Waals surface area contributed by atoms with Crippen LogP contribution in [-0.2, 0) is 19.7 Å². The van der Waals surface area contributed by atoms with Crippen molar-refractivity contribution in [3.05, 3.63) is 5.77 Å². The van der Waals surface area contributed by atoms with Gasteiger partial charge < -0.3 is 0 Å². The lowest BCUT2D eigenvalue weighted by molar-refractivity contribution is 0.576. The summed E-state index contributed by atoms with van der Waals surface area (Å²) in [4.78, 5) is 0.101. The van der Waals surface area contributed by atoms with Crippen molar-refractivity contribution in [3.63, 3.8) is 0 Å². The van der Waals surface area contributed by atoms with E-state index in [0.717, 1.165) is 38.5 Å². The van der Waals surface area contributed by atoms with Crippen LogP contribution in [0.15, 0.2) is 9.79 Å². The zero-order valence-electron chi connectivity index (χ0n) is 14.7. The Labute approximate surface area is 183 Å². The largest absolute Gasteiger partial charge is 0.224 e. The molecule has 0 N–H and O–H groups in total. The second-order valence-electron chi connectivity index (χ2n) is 6.07. The molecule has 0 aromatic carbocycles. The molecule has 1 rings (SSSR count). The van der Waals surface area contributed by atoms with Crippen molar-refractivity contribution in [2.24, 2.45) is 0 Å². The van der Waals surface area contributed by atoms with Crippen LogP contribution in [0.3, 0.4) is 0 Å². The summed E-state index contributed by atoms with van der Waals surface area (Å²) in [5.41, 5.74) is 0. The summed E-state index contributed by atoms with van der Waals surface area (Å²) in [7, 11) is -7.16. The van der Waals surface area contributed by atoms with Crippen molar-refractivity contribution in [1.82, 2.24) is 0 Å². The molecule has 0 aliphatic rings. The van der Waals surface area contributed by atoms with Crippen molar-refractivity contribution in [3.8, 4) is 0 Å². The predicted molar refractivity (Wildman–Crippen MR) is 122 cm³/mol. The molecule has 0 spiro atoms. The van der Waals surface area contributed by atoms with Gasteiger partial charge in [-0.15, -0.1) is 11.3 Å². The summed E-state index contributed by atoms with van der Waals surface area (Å²) in [6.45, 7) is 4.14. The number of unbranched alkanes of at least 4 members (excludes halogenated alkanes) is 6. The molecule has 25 heavy (non-hydrogen) atoms.